The number of hydrogen-bond acceptors (Lipinski definition) is 3. The van der Waals surface area contributed by atoms with Gasteiger partial charge < -0.3 is 5.32 Å². The van der Waals surface area contributed by atoms with Crippen LogP contribution in [0.1, 0.15) is 27.6 Å². The number of carbonyl (C=O) groups is 3. The lowest BCUT2D eigenvalue weighted by atomic mass is 10.1. The lowest BCUT2D eigenvalue weighted by Crippen LogP contribution is -2.37. The normalized spacial score (nSPS) is 14.6. The first-order valence-electron chi connectivity index (χ1n) is 7.39. The third-order valence-electron chi connectivity index (χ3n) is 3.82. The molecule has 3 rings (SSSR count). The molecule has 3 amide bonds. The van der Waals surface area contributed by atoms with Crippen molar-refractivity contribution >= 4 is 23.4 Å². The Kier molecular flexibility index (Phi) is 3.93. The van der Waals surface area contributed by atoms with Gasteiger partial charge in [0.05, 0.1) is 17.0 Å². The minimum absolute atomic E-state index is 0.0605. The van der Waals surface area contributed by atoms with Crippen molar-refractivity contribution < 1.29 is 14.4 Å². The molecule has 0 radical (unpaired) electrons. The molecule has 0 aliphatic carbocycles. The monoisotopic (exact) mass is 308 g/mol. The summed E-state index contributed by atoms with van der Waals surface area (Å²) in [6.07, 6.45) is 0. The average molecular weight is 308 g/mol. The van der Waals surface area contributed by atoms with E-state index in [-0.39, 0.29) is 24.3 Å². The second kappa shape index (κ2) is 6.04. The summed E-state index contributed by atoms with van der Waals surface area (Å²) in [5, 5.41) is 2.78. The highest BCUT2D eigenvalue weighted by atomic mass is 16.2. The molecule has 0 aromatic heterocycles. The van der Waals surface area contributed by atoms with Gasteiger partial charge in [-0.15, -0.1) is 0 Å². The molecule has 0 saturated heterocycles. The second-order valence-electron chi connectivity index (χ2n) is 5.52. The van der Waals surface area contributed by atoms with Crippen molar-refractivity contribution in [2.24, 2.45) is 5.92 Å². The van der Waals surface area contributed by atoms with Crippen LogP contribution in [0.2, 0.25) is 0 Å². The number of rotatable bonds is 4. The van der Waals surface area contributed by atoms with Gasteiger partial charge in [-0.1, -0.05) is 37.3 Å². The van der Waals surface area contributed by atoms with E-state index in [2.05, 4.69) is 5.32 Å². The van der Waals surface area contributed by atoms with E-state index in [1.54, 1.807) is 43.3 Å². The Hall–Kier alpha value is -2.95. The first-order valence-corrected chi connectivity index (χ1v) is 7.39. The van der Waals surface area contributed by atoms with E-state index in [1.165, 1.54) is 0 Å². The molecule has 5 nitrogen and oxygen atoms in total. The molecule has 23 heavy (non-hydrogen) atoms. The topological polar surface area (TPSA) is 66.5 Å². The van der Waals surface area contributed by atoms with Crippen LogP contribution < -0.4 is 5.32 Å². The van der Waals surface area contributed by atoms with Gasteiger partial charge in [-0.25, -0.2) is 0 Å². The molecule has 0 fully saturated rings. The van der Waals surface area contributed by atoms with Gasteiger partial charge in [0.2, 0.25) is 5.91 Å². The van der Waals surface area contributed by atoms with Gasteiger partial charge >= 0.3 is 0 Å². The fourth-order valence-electron chi connectivity index (χ4n) is 2.55. The van der Waals surface area contributed by atoms with E-state index >= 15 is 0 Å². The predicted octanol–water partition coefficient (Wildman–Crippen LogP) is 2.56. The third-order valence-corrected chi connectivity index (χ3v) is 3.82. The highest BCUT2D eigenvalue weighted by Gasteiger charge is 2.36. The van der Waals surface area contributed by atoms with Gasteiger partial charge in [0.1, 0.15) is 0 Å². The maximum atomic E-state index is 12.3. The largest absolute Gasteiger partial charge is 0.326 e. The van der Waals surface area contributed by atoms with Crippen LogP contribution in [0.4, 0.5) is 5.69 Å². The second-order valence-corrected chi connectivity index (χ2v) is 5.52. The summed E-state index contributed by atoms with van der Waals surface area (Å²) in [6, 6.07) is 15.8. The number of nitrogens with one attached hydrogen (secondary N) is 1. The first kappa shape index (κ1) is 15.0. The van der Waals surface area contributed by atoms with Gasteiger partial charge in [0.15, 0.2) is 0 Å². The number of nitrogens with zero attached hydrogens (tertiary/aromatic N) is 1. The molecule has 1 N–H and O–H groups in total. The summed E-state index contributed by atoms with van der Waals surface area (Å²) in [6.45, 7) is 1.76. The molecule has 5 heteroatoms. The van der Waals surface area contributed by atoms with E-state index in [0.29, 0.717) is 16.8 Å². The highest BCUT2D eigenvalue weighted by Crippen LogP contribution is 2.23. The first-order chi connectivity index (χ1) is 11.1. The van der Waals surface area contributed by atoms with Crippen LogP contribution >= 0.6 is 0 Å². The van der Waals surface area contributed by atoms with Crippen LogP contribution in [-0.2, 0) is 4.79 Å². The van der Waals surface area contributed by atoms with E-state index in [1.807, 2.05) is 18.2 Å². The minimum Gasteiger partial charge on any atom is -0.326 e. The van der Waals surface area contributed by atoms with Crippen molar-refractivity contribution in [3.05, 3.63) is 65.7 Å². The van der Waals surface area contributed by atoms with Crippen molar-refractivity contribution in [2.75, 3.05) is 11.9 Å². The number of benzene rings is 2. The van der Waals surface area contributed by atoms with Crippen LogP contribution in [0, 0.1) is 5.92 Å². The van der Waals surface area contributed by atoms with E-state index in [4.69, 9.17) is 0 Å². The number of hydrogen-bond donors (Lipinski definition) is 1. The molecule has 0 bridgehead atoms. The Morgan fingerprint density at radius 1 is 0.957 bits per heavy atom. The lowest BCUT2D eigenvalue weighted by molar-refractivity contribution is -0.119. The molecule has 0 unspecified atom stereocenters. The molecular formula is C18H16N2O3. The third kappa shape index (κ3) is 2.85. The Balaban J connectivity index is 1.69. The van der Waals surface area contributed by atoms with Crippen molar-refractivity contribution in [3.8, 4) is 0 Å². The van der Waals surface area contributed by atoms with Gasteiger partial charge in [-0.3, -0.25) is 19.3 Å². The SMILES string of the molecule is C[C@H](CN1C(=O)c2ccccc2C1=O)C(=O)Nc1ccccc1. The maximum absolute atomic E-state index is 12.3. The fourth-order valence-corrected chi connectivity index (χ4v) is 2.55. The molecule has 0 spiro atoms. The quantitative estimate of drug-likeness (QED) is 0.883. The van der Waals surface area contributed by atoms with Gasteiger partial charge in [-0.05, 0) is 24.3 Å². The number of fused-ring (bicyclic) bond motifs is 1. The van der Waals surface area contributed by atoms with Crippen molar-refractivity contribution in [1.82, 2.24) is 4.90 Å². The van der Waals surface area contributed by atoms with E-state index < -0.39 is 5.92 Å². The Bertz CT molecular complexity index is 736. The molecule has 2 aromatic rings. The maximum Gasteiger partial charge on any atom is 0.261 e. The van der Waals surface area contributed by atoms with Gasteiger partial charge in [-0.2, -0.15) is 0 Å². The summed E-state index contributed by atoms with van der Waals surface area (Å²) >= 11 is 0. The van der Waals surface area contributed by atoms with Gasteiger partial charge in [0.25, 0.3) is 11.8 Å². The van der Waals surface area contributed by atoms with Crippen LogP contribution in [0.15, 0.2) is 54.6 Å². The smallest absolute Gasteiger partial charge is 0.261 e. The molecule has 1 heterocycles. The highest BCUT2D eigenvalue weighted by molar-refractivity contribution is 6.21. The number of anilines is 1. The summed E-state index contributed by atoms with van der Waals surface area (Å²) in [7, 11) is 0. The van der Waals surface area contributed by atoms with Crippen LogP contribution in [-0.4, -0.2) is 29.2 Å². The van der Waals surface area contributed by atoms with E-state index in [0.717, 1.165) is 4.90 Å². The lowest BCUT2D eigenvalue weighted by Gasteiger charge is -2.19. The fraction of sp³-hybridized carbons (Fsp3) is 0.167. The van der Waals surface area contributed by atoms with Crippen molar-refractivity contribution in [3.63, 3.8) is 0 Å². The van der Waals surface area contributed by atoms with Crippen molar-refractivity contribution in [2.45, 2.75) is 6.92 Å². The molecular weight excluding hydrogens is 292 g/mol. The van der Waals surface area contributed by atoms with Crippen LogP contribution in [0.25, 0.3) is 0 Å². The van der Waals surface area contributed by atoms with Crippen LogP contribution in [0.5, 0.6) is 0 Å². The predicted molar refractivity (Wildman–Crippen MR) is 86.0 cm³/mol. The summed E-state index contributed by atoms with van der Waals surface area (Å²) in [5.41, 5.74) is 1.48. The Morgan fingerprint density at radius 3 is 2.04 bits per heavy atom. The molecule has 1 aliphatic heterocycles. The minimum atomic E-state index is -0.502. The number of carbonyl (C=O) groups excluding carboxylic acids is 3. The zero-order valence-electron chi connectivity index (χ0n) is 12.7. The zero-order chi connectivity index (χ0) is 16.4. The Labute approximate surface area is 133 Å². The molecule has 2 aromatic carbocycles. The Morgan fingerprint density at radius 2 is 1.48 bits per heavy atom. The van der Waals surface area contributed by atoms with Crippen LogP contribution in [0.3, 0.4) is 0 Å². The molecule has 1 aliphatic rings. The molecule has 1 atom stereocenters. The molecule has 116 valence electrons. The summed E-state index contributed by atoms with van der Waals surface area (Å²) < 4.78 is 0. The van der Waals surface area contributed by atoms with Gasteiger partial charge in [0, 0.05) is 12.2 Å². The van der Waals surface area contributed by atoms with Crippen molar-refractivity contribution in [1.29, 1.82) is 0 Å². The summed E-state index contributed by atoms with van der Waals surface area (Å²) in [5.74, 6) is -1.42. The number of amides is 3. The average Bonchev–Trinajstić information content (AvgIpc) is 2.81. The zero-order valence-corrected chi connectivity index (χ0v) is 12.7. The summed E-state index contributed by atoms with van der Waals surface area (Å²) in [4.78, 5) is 38.0. The number of para-hydroxylation sites is 1. The standard InChI is InChI=1S/C18H16N2O3/c1-12(16(21)19-13-7-3-2-4-8-13)11-20-17(22)14-9-5-6-10-15(14)18(20)23/h2-10,12H,11H2,1H3,(H,19,21)/t12-/m1/s1. The molecule has 0 saturated carbocycles. The number of imide groups is 1. The van der Waals surface area contributed by atoms with E-state index in [9.17, 15) is 14.4 Å².